The first-order valence-corrected chi connectivity index (χ1v) is 10.4. The van der Waals surface area contributed by atoms with E-state index in [9.17, 15) is 27.2 Å². The molecule has 3 amide bonds. The molecular formula is C23H19F4N3O3. The smallest absolute Gasteiger partial charge is 0.406 e. The summed E-state index contributed by atoms with van der Waals surface area (Å²) in [6.45, 7) is 0.481. The number of nitrogens with one attached hydrogen (secondary N) is 1. The zero-order valence-corrected chi connectivity index (χ0v) is 17.2. The van der Waals surface area contributed by atoms with Crippen molar-refractivity contribution in [2.24, 2.45) is 5.92 Å². The number of nitrogens with zero attached hydrogens (tertiary/aromatic N) is 2. The Morgan fingerprint density at radius 3 is 2.58 bits per heavy atom. The molecule has 2 aromatic carbocycles. The Labute approximate surface area is 186 Å². The van der Waals surface area contributed by atoms with Crippen LogP contribution in [-0.2, 0) is 11.3 Å². The zero-order chi connectivity index (χ0) is 23.3. The van der Waals surface area contributed by atoms with E-state index in [1.165, 1.54) is 35.2 Å². The molecule has 0 spiro atoms. The van der Waals surface area contributed by atoms with Crippen LogP contribution in [0.3, 0.4) is 0 Å². The van der Waals surface area contributed by atoms with Gasteiger partial charge in [0.05, 0.1) is 12.6 Å². The number of rotatable bonds is 4. The number of carbonyl (C=O) groups is 2. The lowest BCUT2D eigenvalue weighted by atomic mass is 9.95. The average Bonchev–Trinajstić information content (AvgIpc) is 3.35. The highest BCUT2D eigenvalue weighted by Crippen LogP contribution is 2.43. The molecular weight excluding hydrogens is 442 g/mol. The van der Waals surface area contributed by atoms with E-state index < -0.39 is 18.2 Å². The van der Waals surface area contributed by atoms with Gasteiger partial charge in [-0.2, -0.15) is 0 Å². The Balaban J connectivity index is 1.24. The largest absolute Gasteiger partial charge is 0.573 e. The van der Waals surface area contributed by atoms with Crippen LogP contribution in [0.15, 0.2) is 48.5 Å². The molecule has 1 fully saturated rings. The Morgan fingerprint density at radius 1 is 1.15 bits per heavy atom. The molecule has 10 heteroatoms. The van der Waals surface area contributed by atoms with Gasteiger partial charge < -0.3 is 19.9 Å². The summed E-state index contributed by atoms with van der Waals surface area (Å²) in [7, 11) is 0. The lowest BCUT2D eigenvalue weighted by Crippen LogP contribution is -2.47. The minimum Gasteiger partial charge on any atom is -0.406 e. The number of benzene rings is 2. The monoisotopic (exact) mass is 461 g/mol. The lowest BCUT2D eigenvalue weighted by Gasteiger charge is -2.32. The molecule has 0 unspecified atom stereocenters. The maximum atomic E-state index is 13.5. The van der Waals surface area contributed by atoms with Crippen molar-refractivity contribution in [1.82, 2.24) is 9.80 Å². The molecule has 2 bridgehead atoms. The van der Waals surface area contributed by atoms with Gasteiger partial charge in [-0.1, -0.05) is 18.2 Å². The molecule has 2 atom stereocenters. The first-order chi connectivity index (χ1) is 15.7. The van der Waals surface area contributed by atoms with Crippen LogP contribution in [0.4, 0.5) is 28.0 Å². The Hall–Kier alpha value is -3.56. The van der Waals surface area contributed by atoms with Gasteiger partial charge in [0.25, 0.3) is 0 Å². The van der Waals surface area contributed by atoms with E-state index in [0.717, 1.165) is 17.6 Å². The van der Waals surface area contributed by atoms with E-state index in [0.29, 0.717) is 17.8 Å². The first kappa shape index (κ1) is 21.3. The molecule has 5 rings (SSSR count). The summed E-state index contributed by atoms with van der Waals surface area (Å²) in [6.07, 6.45) is -2.07. The SMILES string of the molecule is O=C1Nc2ccc(F)cc2CN1CC(=O)N1C[C@H]2C[C@@H]1C=C2c1ccc(OC(F)(F)F)cc1. The van der Waals surface area contributed by atoms with E-state index in [2.05, 4.69) is 10.1 Å². The number of amides is 3. The number of hydrogen-bond acceptors (Lipinski definition) is 3. The predicted molar refractivity (Wildman–Crippen MR) is 111 cm³/mol. The van der Waals surface area contributed by atoms with Crippen LogP contribution in [-0.4, -0.2) is 47.2 Å². The van der Waals surface area contributed by atoms with Crippen molar-refractivity contribution >= 4 is 23.2 Å². The fourth-order valence-corrected chi connectivity index (χ4v) is 4.73. The van der Waals surface area contributed by atoms with Gasteiger partial charge in [0.1, 0.15) is 18.1 Å². The molecule has 1 N–H and O–H groups in total. The van der Waals surface area contributed by atoms with Crippen molar-refractivity contribution < 1.29 is 31.9 Å². The van der Waals surface area contributed by atoms with E-state index in [1.807, 2.05) is 6.08 Å². The van der Waals surface area contributed by atoms with Crippen molar-refractivity contribution in [2.75, 3.05) is 18.4 Å². The molecule has 0 saturated carbocycles. The summed E-state index contributed by atoms with van der Waals surface area (Å²) in [5.74, 6) is -0.836. The van der Waals surface area contributed by atoms with E-state index in [1.54, 1.807) is 17.0 Å². The van der Waals surface area contributed by atoms with Gasteiger partial charge >= 0.3 is 12.4 Å². The number of urea groups is 1. The van der Waals surface area contributed by atoms with Crippen LogP contribution < -0.4 is 10.1 Å². The van der Waals surface area contributed by atoms with Gasteiger partial charge in [0.15, 0.2) is 0 Å². The molecule has 0 radical (unpaired) electrons. The number of alkyl halides is 3. The number of likely N-dealkylation sites (tertiary alicyclic amines) is 1. The standard InChI is InChI=1S/C23H19F4N3O3/c24-16-3-6-20-15(7-16)10-29(22(32)28-20)12-21(31)30-11-14-8-17(30)9-19(14)13-1-4-18(5-2-13)33-23(25,26)27/h1-7,9,14,17H,8,10-12H2,(H,28,32)/t14-,17-/m1/s1. The first-order valence-electron chi connectivity index (χ1n) is 10.4. The van der Waals surface area contributed by atoms with Gasteiger partial charge in [0.2, 0.25) is 5.91 Å². The second-order valence-corrected chi connectivity index (χ2v) is 8.33. The Morgan fingerprint density at radius 2 is 1.91 bits per heavy atom. The van der Waals surface area contributed by atoms with Crippen LogP contribution in [0.1, 0.15) is 17.5 Å². The van der Waals surface area contributed by atoms with Crippen LogP contribution in [0.25, 0.3) is 5.57 Å². The number of fused-ring (bicyclic) bond motifs is 3. The molecule has 1 aliphatic carbocycles. The highest BCUT2D eigenvalue weighted by molar-refractivity contribution is 5.95. The average molecular weight is 461 g/mol. The van der Waals surface area contributed by atoms with Crippen molar-refractivity contribution in [3.05, 3.63) is 65.5 Å². The molecule has 2 aromatic rings. The summed E-state index contributed by atoms with van der Waals surface area (Å²) in [4.78, 5) is 28.3. The van der Waals surface area contributed by atoms with Gasteiger partial charge in [-0.15, -0.1) is 13.2 Å². The molecule has 3 aliphatic rings. The number of anilines is 1. The van der Waals surface area contributed by atoms with Crippen LogP contribution in [0.2, 0.25) is 0 Å². The number of hydrogen-bond donors (Lipinski definition) is 1. The van der Waals surface area contributed by atoms with Crippen LogP contribution in [0.5, 0.6) is 5.75 Å². The second-order valence-electron chi connectivity index (χ2n) is 8.33. The minimum atomic E-state index is -4.74. The zero-order valence-electron chi connectivity index (χ0n) is 17.2. The third kappa shape index (κ3) is 4.24. The molecule has 2 heterocycles. The van der Waals surface area contributed by atoms with Crippen molar-refractivity contribution in [2.45, 2.75) is 25.4 Å². The van der Waals surface area contributed by atoms with Crippen LogP contribution >= 0.6 is 0 Å². The summed E-state index contributed by atoms with van der Waals surface area (Å²) >= 11 is 0. The molecule has 0 aromatic heterocycles. The van der Waals surface area contributed by atoms with Gasteiger partial charge in [0, 0.05) is 18.2 Å². The molecule has 1 saturated heterocycles. The predicted octanol–water partition coefficient (Wildman–Crippen LogP) is 4.39. The van der Waals surface area contributed by atoms with Gasteiger partial charge in [-0.05, 0) is 53.5 Å². The number of ether oxygens (including phenoxy) is 1. The van der Waals surface area contributed by atoms with Crippen molar-refractivity contribution in [1.29, 1.82) is 0 Å². The van der Waals surface area contributed by atoms with Gasteiger partial charge in [-0.3, -0.25) is 4.79 Å². The minimum absolute atomic E-state index is 0.0679. The van der Waals surface area contributed by atoms with Crippen molar-refractivity contribution in [3.63, 3.8) is 0 Å². The summed E-state index contributed by atoms with van der Waals surface area (Å²) in [6, 6.07) is 9.25. The fraction of sp³-hybridized carbons (Fsp3) is 0.304. The maximum Gasteiger partial charge on any atom is 0.573 e. The summed E-state index contributed by atoms with van der Waals surface area (Å²) in [5, 5.41) is 2.67. The number of carbonyl (C=O) groups excluding carboxylic acids is 2. The van der Waals surface area contributed by atoms with E-state index in [4.69, 9.17) is 0 Å². The van der Waals surface area contributed by atoms with Gasteiger partial charge in [-0.25, -0.2) is 9.18 Å². The van der Waals surface area contributed by atoms with Crippen LogP contribution in [0, 0.1) is 11.7 Å². The summed E-state index contributed by atoms with van der Waals surface area (Å²) in [5.41, 5.74) is 2.91. The van der Waals surface area contributed by atoms with E-state index in [-0.39, 0.29) is 36.7 Å². The third-order valence-electron chi connectivity index (χ3n) is 6.18. The highest BCUT2D eigenvalue weighted by Gasteiger charge is 2.42. The summed E-state index contributed by atoms with van der Waals surface area (Å²) < 4.78 is 54.5. The molecule has 172 valence electrons. The second kappa shape index (κ2) is 7.79. The Kier molecular flexibility index (Phi) is 5.02. The lowest BCUT2D eigenvalue weighted by molar-refractivity contribution is -0.274. The highest BCUT2D eigenvalue weighted by atomic mass is 19.4. The third-order valence-corrected chi connectivity index (χ3v) is 6.18. The normalized spacial score (nSPS) is 21.6. The molecule has 6 nitrogen and oxygen atoms in total. The molecule has 2 aliphatic heterocycles. The quantitative estimate of drug-likeness (QED) is 0.688. The van der Waals surface area contributed by atoms with E-state index >= 15 is 0 Å². The maximum absolute atomic E-state index is 13.5. The fourth-order valence-electron chi connectivity index (χ4n) is 4.73. The molecule has 33 heavy (non-hydrogen) atoms. The topological polar surface area (TPSA) is 61.9 Å². The Bertz CT molecular complexity index is 1150. The van der Waals surface area contributed by atoms with Crippen molar-refractivity contribution in [3.8, 4) is 5.75 Å². The number of halogens is 4.